The summed E-state index contributed by atoms with van der Waals surface area (Å²) < 4.78 is 0. The Labute approximate surface area is 162 Å². The van der Waals surface area contributed by atoms with Gasteiger partial charge in [-0.3, -0.25) is 19.2 Å². The van der Waals surface area contributed by atoms with Crippen molar-refractivity contribution in [1.29, 1.82) is 0 Å². The predicted molar refractivity (Wildman–Crippen MR) is 97.4 cm³/mol. The first-order chi connectivity index (χ1) is 12.8. The number of aliphatic hydroxyl groups excluding tert-OH is 1. The number of aliphatic carboxylic acids is 1. The van der Waals surface area contributed by atoms with Gasteiger partial charge in [0.05, 0.1) is 18.6 Å². The van der Waals surface area contributed by atoms with Gasteiger partial charge >= 0.3 is 5.97 Å². The fourth-order valence-electron chi connectivity index (χ4n) is 2.14. The summed E-state index contributed by atoms with van der Waals surface area (Å²) in [6, 6.07) is -5.06. The van der Waals surface area contributed by atoms with Gasteiger partial charge in [-0.15, -0.1) is 0 Å². The number of amides is 4. The maximum Gasteiger partial charge on any atom is 0.326 e. The number of nitrogens with one attached hydrogen (secondary N) is 3. The maximum absolute atomic E-state index is 12.3. The van der Waals surface area contributed by atoms with Crippen LogP contribution in [0.15, 0.2) is 0 Å². The Balaban J connectivity index is 5.01. The van der Waals surface area contributed by atoms with E-state index in [1.54, 1.807) is 13.8 Å². The summed E-state index contributed by atoms with van der Waals surface area (Å²) >= 11 is 0. The van der Waals surface area contributed by atoms with Gasteiger partial charge < -0.3 is 37.6 Å². The smallest absolute Gasteiger partial charge is 0.326 e. The molecular formula is C16H29N5O7. The molecule has 160 valence electrons. The molecule has 0 aliphatic heterocycles. The Morgan fingerprint density at radius 1 is 0.857 bits per heavy atom. The lowest BCUT2D eigenvalue weighted by Gasteiger charge is -2.26. The second-order valence-corrected chi connectivity index (χ2v) is 6.80. The molecule has 4 amide bonds. The van der Waals surface area contributed by atoms with E-state index >= 15 is 0 Å². The number of carboxylic acids is 1. The molecule has 5 atom stereocenters. The zero-order valence-corrected chi connectivity index (χ0v) is 16.3. The zero-order valence-electron chi connectivity index (χ0n) is 16.3. The molecule has 0 aliphatic carbocycles. The van der Waals surface area contributed by atoms with Gasteiger partial charge in [0.25, 0.3) is 0 Å². The highest BCUT2D eigenvalue weighted by atomic mass is 16.4. The number of hydrogen-bond donors (Lipinski definition) is 7. The van der Waals surface area contributed by atoms with Crippen molar-refractivity contribution in [2.45, 2.75) is 64.4 Å². The van der Waals surface area contributed by atoms with E-state index in [1.165, 1.54) is 13.8 Å². The first-order valence-corrected chi connectivity index (χ1v) is 8.63. The van der Waals surface area contributed by atoms with Crippen LogP contribution in [0.1, 0.15) is 34.1 Å². The molecule has 0 bridgehead atoms. The fraction of sp³-hybridized carbons (Fsp3) is 0.688. The summed E-state index contributed by atoms with van der Waals surface area (Å²) in [6.07, 6.45) is -1.75. The summed E-state index contributed by atoms with van der Waals surface area (Å²) in [5.41, 5.74) is 10.4. The van der Waals surface area contributed by atoms with E-state index in [9.17, 15) is 29.1 Å². The number of primary amides is 1. The average Bonchev–Trinajstić information content (AvgIpc) is 2.55. The summed E-state index contributed by atoms with van der Waals surface area (Å²) in [4.78, 5) is 58.3. The lowest BCUT2D eigenvalue weighted by atomic mass is 10.0. The van der Waals surface area contributed by atoms with Gasteiger partial charge in [-0.1, -0.05) is 13.8 Å². The molecule has 28 heavy (non-hydrogen) atoms. The van der Waals surface area contributed by atoms with Gasteiger partial charge in [-0.05, 0) is 19.8 Å². The number of rotatable bonds is 11. The van der Waals surface area contributed by atoms with Crippen molar-refractivity contribution in [3.05, 3.63) is 0 Å². The molecule has 0 aromatic carbocycles. The number of hydrogen-bond acceptors (Lipinski definition) is 7. The Morgan fingerprint density at radius 2 is 1.36 bits per heavy atom. The van der Waals surface area contributed by atoms with E-state index in [0.29, 0.717) is 0 Å². The average molecular weight is 403 g/mol. The highest BCUT2D eigenvalue weighted by Crippen LogP contribution is 2.04. The highest BCUT2D eigenvalue weighted by molar-refractivity contribution is 5.95. The molecular weight excluding hydrogens is 374 g/mol. The molecule has 0 aliphatic rings. The largest absolute Gasteiger partial charge is 0.480 e. The van der Waals surface area contributed by atoms with Crippen LogP contribution in [0, 0.1) is 5.92 Å². The third-order valence-electron chi connectivity index (χ3n) is 3.80. The summed E-state index contributed by atoms with van der Waals surface area (Å²) in [6.45, 7) is 5.71. The van der Waals surface area contributed by atoms with E-state index < -0.39 is 72.2 Å². The number of aliphatic hydroxyl groups is 1. The van der Waals surface area contributed by atoms with E-state index in [-0.39, 0.29) is 0 Å². The number of carboxylic acid groups (broad SMARTS) is 1. The van der Waals surface area contributed by atoms with Gasteiger partial charge in [-0.25, -0.2) is 4.79 Å². The van der Waals surface area contributed by atoms with Crippen LogP contribution in [0.2, 0.25) is 0 Å². The van der Waals surface area contributed by atoms with Crippen molar-refractivity contribution in [1.82, 2.24) is 16.0 Å². The Morgan fingerprint density at radius 3 is 1.75 bits per heavy atom. The Hall–Kier alpha value is -2.73. The van der Waals surface area contributed by atoms with Crippen LogP contribution in [0.4, 0.5) is 0 Å². The van der Waals surface area contributed by atoms with Crippen LogP contribution in [-0.2, 0) is 24.0 Å². The SMILES string of the molecule is CC(NC(=O)C(N)CC(N)=O)C(=O)NC(C(=O)NC(C(=O)O)C(C)C)C(C)O. The molecule has 12 nitrogen and oxygen atoms in total. The van der Waals surface area contributed by atoms with E-state index in [1.807, 2.05) is 0 Å². The van der Waals surface area contributed by atoms with Crippen molar-refractivity contribution >= 4 is 29.6 Å². The molecule has 0 fully saturated rings. The lowest BCUT2D eigenvalue weighted by Crippen LogP contribution is -2.59. The molecule has 0 saturated heterocycles. The van der Waals surface area contributed by atoms with Crippen molar-refractivity contribution < 1.29 is 34.2 Å². The molecule has 5 unspecified atom stereocenters. The van der Waals surface area contributed by atoms with Crippen molar-refractivity contribution in [3.63, 3.8) is 0 Å². The first-order valence-electron chi connectivity index (χ1n) is 8.63. The van der Waals surface area contributed by atoms with Crippen LogP contribution in [0.25, 0.3) is 0 Å². The molecule has 12 heteroatoms. The number of carbonyl (C=O) groups is 5. The van der Waals surface area contributed by atoms with E-state index in [4.69, 9.17) is 16.6 Å². The second-order valence-electron chi connectivity index (χ2n) is 6.80. The molecule has 0 aromatic heterocycles. The van der Waals surface area contributed by atoms with Crippen molar-refractivity contribution in [2.24, 2.45) is 17.4 Å². The molecule has 0 heterocycles. The minimum Gasteiger partial charge on any atom is -0.480 e. The Bertz CT molecular complexity index is 608. The molecule has 0 radical (unpaired) electrons. The quantitative estimate of drug-likeness (QED) is 0.186. The highest BCUT2D eigenvalue weighted by Gasteiger charge is 2.32. The predicted octanol–water partition coefficient (Wildman–Crippen LogP) is -3.22. The molecule has 0 aromatic rings. The van der Waals surface area contributed by atoms with Crippen LogP contribution in [-0.4, -0.2) is 70.1 Å². The minimum atomic E-state index is -1.45. The van der Waals surface area contributed by atoms with Crippen LogP contribution >= 0.6 is 0 Å². The van der Waals surface area contributed by atoms with Gasteiger partial charge in [0.2, 0.25) is 23.6 Å². The summed E-state index contributed by atoms with van der Waals surface area (Å²) in [5.74, 6) is -5.00. The zero-order chi connectivity index (χ0) is 22.2. The van der Waals surface area contributed by atoms with Gasteiger partial charge in [-0.2, -0.15) is 0 Å². The van der Waals surface area contributed by atoms with Gasteiger partial charge in [0.1, 0.15) is 18.1 Å². The topological polar surface area (TPSA) is 214 Å². The maximum atomic E-state index is 12.3. The third-order valence-corrected chi connectivity index (χ3v) is 3.80. The number of carbonyl (C=O) groups excluding carboxylic acids is 4. The third kappa shape index (κ3) is 8.31. The second kappa shape index (κ2) is 11.2. The van der Waals surface area contributed by atoms with Gasteiger partial charge in [0.15, 0.2) is 0 Å². The summed E-state index contributed by atoms with van der Waals surface area (Å²) in [7, 11) is 0. The Kier molecular flexibility index (Phi) is 10.1. The van der Waals surface area contributed by atoms with Crippen molar-refractivity contribution in [3.8, 4) is 0 Å². The van der Waals surface area contributed by atoms with Crippen LogP contribution < -0.4 is 27.4 Å². The lowest BCUT2D eigenvalue weighted by molar-refractivity contribution is -0.144. The molecule has 9 N–H and O–H groups in total. The standard InChI is InChI=1S/C16H29N5O7/c1-6(2)11(16(27)28)20-15(26)12(8(4)22)21-13(24)7(3)19-14(25)9(17)5-10(18)23/h6-9,11-12,22H,5,17H2,1-4H3,(H2,18,23)(H,19,25)(H,20,26)(H,21,24)(H,27,28). The number of nitrogens with two attached hydrogens (primary N) is 2. The first kappa shape index (κ1) is 25.3. The molecule has 0 spiro atoms. The monoisotopic (exact) mass is 403 g/mol. The molecule has 0 rings (SSSR count). The van der Waals surface area contributed by atoms with Crippen LogP contribution in [0.5, 0.6) is 0 Å². The van der Waals surface area contributed by atoms with Crippen LogP contribution in [0.3, 0.4) is 0 Å². The van der Waals surface area contributed by atoms with Gasteiger partial charge in [0, 0.05) is 0 Å². The normalized spacial score (nSPS) is 16.2. The summed E-state index contributed by atoms with van der Waals surface area (Å²) in [5, 5.41) is 25.7. The van der Waals surface area contributed by atoms with Crippen molar-refractivity contribution in [2.75, 3.05) is 0 Å². The molecule has 0 saturated carbocycles. The van der Waals surface area contributed by atoms with E-state index in [2.05, 4.69) is 16.0 Å². The fourth-order valence-corrected chi connectivity index (χ4v) is 2.14. The van der Waals surface area contributed by atoms with E-state index in [0.717, 1.165) is 0 Å². The minimum absolute atomic E-state index is 0.412.